The minimum absolute atomic E-state index is 0.113. The molecule has 27 heavy (non-hydrogen) atoms. The van der Waals surface area contributed by atoms with Crippen molar-refractivity contribution in [3.05, 3.63) is 65.9 Å². The summed E-state index contributed by atoms with van der Waals surface area (Å²) < 4.78 is 11.5. The molecule has 0 radical (unpaired) electrons. The summed E-state index contributed by atoms with van der Waals surface area (Å²) in [6, 6.07) is 16.4. The molecule has 0 spiro atoms. The first-order chi connectivity index (χ1) is 13.2. The van der Waals surface area contributed by atoms with Crippen molar-refractivity contribution in [2.24, 2.45) is 0 Å². The van der Waals surface area contributed by atoms with Gasteiger partial charge in [-0.3, -0.25) is 4.79 Å². The fourth-order valence-corrected chi connectivity index (χ4v) is 3.01. The Morgan fingerprint density at radius 1 is 1.26 bits per heavy atom. The van der Waals surface area contributed by atoms with E-state index in [2.05, 4.69) is 5.27 Å². The molecule has 1 amide bonds. The van der Waals surface area contributed by atoms with Gasteiger partial charge in [0.1, 0.15) is 12.3 Å². The lowest BCUT2D eigenvalue weighted by atomic mass is 10.1. The maximum Gasteiger partial charge on any atom is 0.259 e. The summed E-state index contributed by atoms with van der Waals surface area (Å²) >= 11 is 0. The van der Waals surface area contributed by atoms with E-state index in [0.29, 0.717) is 22.7 Å². The summed E-state index contributed by atoms with van der Waals surface area (Å²) in [5.41, 5.74) is 1.56. The van der Waals surface area contributed by atoms with Gasteiger partial charge in [0.25, 0.3) is 11.6 Å². The molecular weight excluding hydrogens is 346 g/mol. The molecule has 1 saturated carbocycles. The van der Waals surface area contributed by atoms with Gasteiger partial charge in [-0.25, -0.2) is 0 Å². The largest absolute Gasteiger partial charge is 0.539 e. The van der Waals surface area contributed by atoms with Crippen molar-refractivity contribution in [3.63, 3.8) is 0 Å². The molecule has 0 aliphatic heterocycles. The number of hydrogen-bond acceptors (Lipinski definition) is 5. The van der Waals surface area contributed by atoms with E-state index in [1.807, 2.05) is 30.3 Å². The number of rotatable bonds is 6. The number of methoxy groups -OCH3 is 1. The van der Waals surface area contributed by atoms with Gasteiger partial charge in [-0.15, -0.1) is 0 Å². The minimum Gasteiger partial charge on any atom is -0.539 e. The van der Waals surface area contributed by atoms with Gasteiger partial charge >= 0.3 is 0 Å². The van der Waals surface area contributed by atoms with Crippen LogP contribution >= 0.6 is 0 Å². The molecule has 0 saturated heterocycles. The minimum atomic E-state index is -0.539. The number of amides is 1. The number of hydrogen-bond donors (Lipinski definition) is 0. The zero-order valence-electron chi connectivity index (χ0n) is 14.9. The second kappa shape index (κ2) is 7.11. The number of para-hydroxylation sites is 1. The molecule has 3 aromatic rings. The predicted molar refractivity (Wildman–Crippen MR) is 93.4 cm³/mol. The van der Waals surface area contributed by atoms with Crippen molar-refractivity contribution in [3.8, 4) is 17.4 Å². The Hall–Kier alpha value is -3.35. The molecule has 0 N–H and O–H groups in total. The fraction of sp³-hybridized carbons (Fsp3) is 0.250. The molecular formula is C20H19N3O4. The van der Waals surface area contributed by atoms with E-state index in [9.17, 15) is 9.90 Å². The van der Waals surface area contributed by atoms with Gasteiger partial charge in [0.15, 0.2) is 5.95 Å². The van der Waals surface area contributed by atoms with Crippen molar-refractivity contribution in [2.45, 2.75) is 25.4 Å². The van der Waals surface area contributed by atoms with Gasteiger partial charge in [0.05, 0.1) is 12.4 Å². The molecule has 1 aliphatic rings. The summed E-state index contributed by atoms with van der Waals surface area (Å²) in [7, 11) is 1.56. The van der Waals surface area contributed by atoms with Crippen LogP contribution in [0, 0.1) is 0 Å². The summed E-state index contributed by atoms with van der Waals surface area (Å²) in [5.74, 6) is -0.0648. The number of carbonyl (C=O) groups is 1. The number of carbonyl (C=O) groups excluding carboxylic acids is 1. The Labute approximate surface area is 156 Å². The average Bonchev–Trinajstić information content (AvgIpc) is 3.49. The highest BCUT2D eigenvalue weighted by atomic mass is 16.6. The Kier molecular flexibility index (Phi) is 4.50. The highest BCUT2D eigenvalue weighted by molar-refractivity contribution is 5.95. The zero-order chi connectivity index (χ0) is 18.8. The Bertz CT molecular complexity index is 951. The first-order valence-corrected chi connectivity index (χ1v) is 8.75. The van der Waals surface area contributed by atoms with E-state index in [0.717, 1.165) is 12.8 Å². The molecule has 1 aromatic heterocycles. The molecule has 0 unspecified atom stereocenters. The van der Waals surface area contributed by atoms with Crippen LogP contribution in [0.5, 0.6) is 11.7 Å². The quantitative estimate of drug-likeness (QED) is 0.623. The average molecular weight is 365 g/mol. The molecule has 1 fully saturated rings. The third-order valence-electron chi connectivity index (χ3n) is 4.58. The topological polar surface area (TPSA) is 82.5 Å². The Balaban J connectivity index is 1.65. The summed E-state index contributed by atoms with van der Waals surface area (Å²) in [6.07, 6.45) is 1.83. The van der Waals surface area contributed by atoms with E-state index in [4.69, 9.17) is 9.26 Å². The third kappa shape index (κ3) is 3.48. The van der Waals surface area contributed by atoms with Gasteiger partial charge in [-0.1, -0.05) is 24.3 Å². The predicted octanol–water partition coefficient (Wildman–Crippen LogP) is 1.84. The van der Waals surface area contributed by atoms with Crippen molar-refractivity contribution >= 4 is 5.91 Å². The van der Waals surface area contributed by atoms with Gasteiger partial charge < -0.3 is 19.3 Å². The van der Waals surface area contributed by atoms with Crippen LogP contribution in [0.25, 0.3) is 5.69 Å². The maximum atomic E-state index is 13.1. The lowest BCUT2D eigenvalue weighted by Gasteiger charge is -2.21. The van der Waals surface area contributed by atoms with Gasteiger partial charge in [-0.2, -0.15) is 0 Å². The summed E-state index contributed by atoms with van der Waals surface area (Å²) in [4.78, 5) is 14.8. The zero-order valence-corrected chi connectivity index (χ0v) is 14.9. The number of nitrogens with zero attached hydrogens (tertiary/aromatic N) is 3. The van der Waals surface area contributed by atoms with E-state index < -0.39 is 5.95 Å². The molecule has 138 valence electrons. The van der Waals surface area contributed by atoms with Crippen molar-refractivity contribution in [1.82, 2.24) is 10.2 Å². The van der Waals surface area contributed by atoms with E-state index in [1.54, 1.807) is 36.3 Å². The van der Waals surface area contributed by atoms with E-state index >= 15 is 0 Å². The first kappa shape index (κ1) is 17.1. The second-order valence-corrected chi connectivity index (χ2v) is 6.45. The molecule has 1 aliphatic carbocycles. The van der Waals surface area contributed by atoms with Crippen LogP contribution in [0.15, 0.2) is 59.1 Å². The van der Waals surface area contributed by atoms with Crippen LogP contribution in [0.4, 0.5) is 0 Å². The molecule has 0 bridgehead atoms. The Morgan fingerprint density at radius 2 is 2.04 bits per heavy atom. The molecule has 4 rings (SSSR count). The number of aromatic nitrogens is 2. The van der Waals surface area contributed by atoms with Crippen molar-refractivity contribution < 1.29 is 23.8 Å². The smallest absolute Gasteiger partial charge is 0.259 e. The van der Waals surface area contributed by atoms with Crippen LogP contribution < -0.4 is 14.5 Å². The highest BCUT2D eigenvalue weighted by Gasteiger charge is 2.36. The van der Waals surface area contributed by atoms with E-state index in [1.165, 1.54) is 4.68 Å². The molecule has 0 atom stereocenters. The van der Waals surface area contributed by atoms with Crippen LogP contribution in [0.2, 0.25) is 0 Å². The summed E-state index contributed by atoms with van der Waals surface area (Å²) in [6.45, 7) is 0.137. The monoisotopic (exact) mass is 365 g/mol. The number of ether oxygens (including phenoxy) is 1. The van der Waals surface area contributed by atoms with E-state index in [-0.39, 0.29) is 18.5 Å². The van der Waals surface area contributed by atoms with Crippen LogP contribution in [0.1, 0.15) is 28.9 Å². The lowest BCUT2D eigenvalue weighted by molar-refractivity contribution is -0.678. The van der Waals surface area contributed by atoms with Crippen molar-refractivity contribution in [1.29, 1.82) is 0 Å². The fourth-order valence-electron chi connectivity index (χ4n) is 3.01. The first-order valence-electron chi connectivity index (χ1n) is 8.75. The summed E-state index contributed by atoms with van der Waals surface area (Å²) in [5, 5.41) is 16.1. The number of benzene rings is 2. The van der Waals surface area contributed by atoms with Crippen molar-refractivity contribution in [2.75, 3.05) is 7.11 Å². The van der Waals surface area contributed by atoms with Crippen LogP contribution in [-0.4, -0.2) is 29.2 Å². The standard InChI is InChI=1S/C20H19N3O4/c1-26-17-9-5-6-14(12-17)19(24)22(15-10-11-15)13-18-20(25)27-21-23(18)16-7-3-2-4-8-16/h2-9,12,15H,10-11,13H2,1H3. The van der Waals surface area contributed by atoms with Gasteiger partial charge in [0, 0.05) is 23.7 Å². The lowest BCUT2D eigenvalue weighted by Crippen LogP contribution is -2.42. The van der Waals surface area contributed by atoms with Gasteiger partial charge in [-0.05, 0) is 35.7 Å². The molecule has 7 nitrogen and oxygen atoms in total. The SMILES string of the molecule is COc1cccc(C(=O)N(Cc2c([O-])on[n+]2-c2ccccc2)C2CC2)c1. The molecule has 2 aromatic carbocycles. The van der Waals surface area contributed by atoms with Crippen LogP contribution in [0.3, 0.4) is 0 Å². The molecule has 1 heterocycles. The Morgan fingerprint density at radius 3 is 2.74 bits per heavy atom. The maximum absolute atomic E-state index is 13.1. The highest BCUT2D eigenvalue weighted by Crippen LogP contribution is 2.31. The molecule has 7 heteroatoms. The van der Waals surface area contributed by atoms with Crippen LogP contribution in [-0.2, 0) is 6.54 Å². The second-order valence-electron chi connectivity index (χ2n) is 6.45. The normalized spacial score (nSPS) is 13.4. The van der Waals surface area contributed by atoms with Gasteiger partial charge in [0.2, 0.25) is 5.69 Å². The third-order valence-corrected chi connectivity index (χ3v) is 4.58.